The number of anilines is 2. The van der Waals surface area contributed by atoms with E-state index in [1.54, 1.807) is 26.4 Å². The average molecular weight is 479 g/mol. The minimum atomic E-state index is -3.40. The van der Waals surface area contributed by atoms with Gasteiger partial charge in [-0.2, -0.15) is 0 Å². The summed E-state index contributed by atoms with van der Waals surface area (Å²) in [5, 5.41) is 4.23. The predicted molar refractivity (Wildman–Crippen MR) is 135 cm³/mol. The van der Waals surface area contributed by atoms with Gasteiger partial charge in [-0.1, -0.05) is 36.4 Å². The molecule has 9 heteroatoms. The number of benzene rings is 3. The summed E-state index contributed by atoms with van der Waals surface area (Å²) >= 11 is 0. The number of methoxy groups -OCH3 is 2. The van der Waals surface area contributed by atoms with Gasteiger partial charge in [-0.3, -0.25) is 4.72 Å². The van der Waals surface area contributed by atoms with Crippen LogP contribution in [0.25, 0.3) is 22.0 Å². The summed E-state index contributed by atoms with van der Waals surface area (Å²) in [7, 11) is -0.214. The van der Waals surface area contributed by atoms with Crippen molar-refractivity contribution in [3.05, 3.63) is 72.1 Å². The summed E-state index contributed by atoms with van der Waals surface area (Å²) in [6, 6.07) is 18.9. The molecular formula is C25H26N4O4S. The second kappa shape index (κ2) is 9.56. The van der Waals surface area contributed by atoms with Gasteiger partial charge in [-0.25, -0.2) is 18.4 Å². The number of nitrogens with one attached hydrogen (secondary N) is 2. The molecule has 0 fully saturated rings. The van der Waals surface area contributed by atoms with Gasteiger partial charge in [-0.15, -0.1) is 0 Å². The van der Waals surface area contributed by atoms with Gasteiger partial charge in [0.05, 0.1) is 31.7 Å². The molecule has 0 aliphatic heterocycles. The van der Waals surface area contributed by atoms with Crippen LogP contribution in [0.3, 0.4) is 0 Å². The first-order chi connectivity index (χ1) is 16.3. The van der Waals surface area contributed by atoms with Crippen molar-refractivity contribution < 1.29 is 17.9 Å². The first-order valence-corrected chi connectivity index (χ1v) is 12.5. The highest BCUT2D eigenvalue weighted by atomic mass is 32.2. The third kappa shape index (κ3) is 5.20. The highest BCUT2D eigenvalue weighted by molar-refractivity contribution is 7.92. The number of nitrogens with zero attached hydrogens (tertiary/aromatic N) is 2. The summed E-state index contributed by atoms with van der Waals surface area (Å²) in [5.74, 6) is 2.53. The van der Waals surface area contributed by atoms with Crippen LogP contribution in [-0.2, 0) is 16.6 Å². The molecule has 2 N–H and O–H groups in total. The predicted octanol–water partition coefficient (Wildman–Crippen LogP) is 4.61. The fourth-order valence-corrected chi connectivity index (χ4v) is 4.34. The summed E-state index contributed by atoms with van der Waals surface area (Å²) in [6.45, 7) is 2.35. The van der Waals surface area contributed by atoms with Crippen molar-refractivity contribution in [3.63, 3.8) is 0 Å². The zero-order valence-electron chi connectivity index (χ0n) is 19.4. The van der Waals surface area contributed by atoms with Gasteiger partial charge in [0, 0.05) is 23.6 Å². The maximum absolute atomic E-state index is 11.8. The van der Waals surface area contributed by atoms with E-state index in [1.807, 2.05) is 55.5 Å². The number of fused-ring (bicyclic) bond motifs is 1. The van der Waals surface area contributed by atoms with Crippen LogP contribution < -0.4 is 19.5 Å². The van der Waals surface area contributed by atoms with Crippen LogP contribution in [0.2, 0.25) is 0 Å². The fraction of sp³-hybridized carbons (Fsp3) is 0.200. The SMILES string of the molecule is COc1cc2nc(C)nc(NCc3cccc(-c4ccccc4NS(C)(=O)=O)c3)c2cc1OC. The molecule has 0 saturated heterocycles. The van der Waals surface area contributed by atoms with E-state index in [1.165, 1.54) is 0 Å². The van der Waals surface area contributed by atoms with Crippen molar-refractivity contribution in [2.45, 2.75) is 13.5 Å². The lowest BCUT2D eigenvalue weighted by atomic mass is 10.0. The largest absolute Gasteiger partial charge is 0.493 e. The molecule has 176 valence electrons. The zero-order chi connectivity index (χ0) is 24.3. The van der Waals surface area contributed by atoms with Crippen LogP contribution in [0.4, 0.5) is 11.5 Å². The Morgan fingerprint density at radius 1 is 0.912 bits per heavy atom. The van der Waals surface area contributed by atoms with Crippen LogP contribution in [-0.4, -0.2) is 38.9 Å². The van der Waals surface area contributed by atoms with Crippen molar-refractivity contribution in [2.24, 2.45) is 0 Å². The first-order valence-electron chi connectivity index (χ1n) is 10.6. The molecule has 0 atom stereocenters. The van der Waals surface area contributed by atoms with E-state index < -0.39 is 10.0 Å². The number of sulfonamides is 1. The Hall–Kier alpha value is -3.85. The average Bonchev–Trinajstić information content (AvgIpc) is 2.81. The fourth-order valence-electron chi connectivity index (χ4n) is 3.76. The molecule has 0 spiro atoms. The van der Waals surface area contributed by atoms with E-state index in [-0.39, 0.29) is 0 Å². The van der Waals surface area contributed by atoms with Gasteiger partial charge >= 0.3 is 0 Å². The highest BCUT2D eigenvalue weighted by Crippen LogP contribution is 2.34. The van der Waals surface area contributed by atoms with Gasteiger partial charge in [0.25, 0.3) is 0 Å². The molecule has 0 aliphatic carbocycles. The maximum atomic E-state index is 11.8. The second-order valence-electron chi connectivity index (χ2n) is 7.82. The molecule has 1 heterocycles. The third-order valence-electron chi connectivity index (χ3n) is 5.23. The standard InChI is InChI=1S/C25H26N4O4S/c1-16-27-22-14-24(33-3)23(32-2)13-20(22)25(28-16)26-15-17-8-7-9-18(12-17)19-10-5-6-11-21(19)29-34(4,30)31/h5-14,29H,15H2,1-4H3,(H,26,27,28). The van der Waals surface area contributed by atoms with Gasteiger partial charge < -0.3 is 14.8 Å². The summed E-state index contributed by atoms with van der Waals surface area (Å²) in [4.78, 5) is 9.11. The monoisotopic (exact) mass is 478 g/mol. The normalized spacial score (nSPS) is 11.3. The van der Waals surface area contributed by atoms with Gasteiger partial charge in [0.1, 0.15) is 11.6 Å². The van der Waals surface area contributed by atoms with Crippen molar-refractivity contribution in [3.8, 4) is 22.6 Å². The number of aromatic nitrogens is 2. The molecular weight excluding hydrogens is 452 g/mol. The molecule has 0 amide bonds. The van der Waals surface area contributed by atoms with Crippen LogP contribution in [0.15, 0.2) is 60.7 Å². The molecule has 3 aromatic carbocycles. The first kappa shape index (κ1) is 23.3. The molecule has 8 nitrogen and oxygen atoms in total. The number of hydrogen-bond acceptors (Lipinski definition) is 7. The van der Waals surface area contributed by atoms with Gasteiger partial charge in [-0.05, 0) is 36.2 Å². The Balaban J connectivity index is 1.65. The smallest absolute Gasteiger partial charge is 0.229 e. The second-order valence-corrected chi connectivity index (χ2v) is 9.57. The van der Waals surface area contributed by atoms with E-state index in [0.717, 1.165) is 33.8 Å². The summed E-state index contributed by atoms with van der Waals surface area (Å²) in [6.07, 6.45) is 1.14. The number of aryl methyl sites for hydroxylation is 1. The Kier molecular flexibility index (Phi) is 6.56. The van der Waals surface area contributed by atoms with Crippen molar-refractivity contribution in [1.82, 2.24) is 9.97 Å². The molecule has 0 bridgehead atoms. The van der Waals surface area contributed by atoms with E-state index in [2.05, 4.69) is 20.0 Å². The lowest BCUT2D eigenvalue weighted by Crippen LogP contribution is -2.10. The van der Waals surface area contributed by atoms with Gasteiger partial charge in [0.15, 0.2) is 11.5 Å². The van der Waals surface area contributed by atoms with E-state index in [4.69, 9.17) is 9.47 Å². The topological polar surface area (TPSA) is 102 Å². The molecule has 34 heavy (non-hydrogen) atoms. The maximum Gasteiger partial charge on any atom is 0.229 e. The minimum Gasteiger partial charge on any atom is -0.493 e. The number of hydrogen-bond donors (Lipinski definition) is 2. The van der Waals surface area contributed by atoms with Crippen LogP contribution in [0.5, 0.6) is 11.5 Å². The van der Waals surface area contributed by atoms with Crippen molar-refractivity contribution >= 4 is 32.4 Å². The molecule has 4 aromatic rings. The van der Waals surface area contributed by atoms with Gasteiger partial charge in [0.2, 0.25) is 10.0 Å². The highest BCUT2D eigenvalue weighted by Gasteiger charge is 2.13. The van der Waals surface area contributed by atoms with E-state index in [9.17, 15) is 8.42 Å². The quantitative estimate of drug-likeness (QED) is 0.381. The lowest BCUT2D eigenvalue weighted by Gasteiger charge is -2.14. The van der Waals surface area contributed by atoms with Crippen LogP contribution in [0.1, 0.15) is 11.4 Å². The Labute approximate surface area is 199 Å². The Morgan fingerprint density at radius 2 is 1.65 bits per heavy atom. The lowest BCUT2D eigenvalue weighted by molar-refractivity contribution is 0.356. The molecule has 0 saturated carbocycles. The Morgan fingerprint density at radius 3 is 2.38 bits per heavy atom. The Bertz CT molecular complexity index is 1460. The number of rotatable bonds is 8. The van der Waals surface area contributed by atoms with E-state index >= 15 is 0 Å². The summed E-state index contributed by atoms with van der Waals surface area (Å²) in [5.41, 5.74) is 4.00. The minimum absolute atomic E-state index is 0.509. The van der Waals surface area contributed by atoms with Crippen molar-refractivity contribution in [1.29, 1.82) is 0 Å². The third-order valence-corrected chi connectivity index (χ3v) is 5.82. The number of para-hydroxylation sites is 1. The molecule has 0 unspecified atom stereocenters. The van der Waals surface area contributed by atoms with Crippen LogP contribution in [0, 0.1) is 6.92 Å². The molecule has 0 aliphatic rings. The number of ether oxygens (including phenoxy) is 2. The molecule has 0 radical (unpaired) electrons. The van der Waals surface area contributed by atoms with Crippen molar-refractivity contribution in [2.75, 3.05) is 30.5 Å². The van der Waals surface area contributed by atoms with Crippen LogP contribution >= 0.6 is 0 Å². The summed E-state index contributed by atoms with van der Waals surface area (Å²) < 4.78 is 37.0. The molecule has 4 rings (SSSR count). The van der Waals surface area contributed by atoms with E-state index in [0.29, 0.717) is 35.4 Å². The zero-order valence-corrected chi connectivity index (χ0v) is 20.2. The molecule has 1 aromatic heterocycles.